The van der Waals surface area contributed by atoms with E-state index in [1.165, 1.54) is 23.5 Å². The number of benzene rings is 2. The molecule has 0 aliphatic rings. The summed E-state index contributed by atoms with van der Waals surface area (Å²) in [5.41, 5.74) is 0.414. The van der Waals surface area contributed by atoms with E-state index in [0.29, 0.717) is 15.6 Å². The number of thiophene rings is 1. The van der Waals surface area contributed by atoms with Gasteiger partial charge in [-0.3, -0.25) is 14.9 Å². The predicted molar refractivity (Wildman–Crippen MR) is 96.9 cm³/mol. The molecular formula is C17H11ClN2O4S. The second-order valence-corrected chi connectivity index (χ2v) is 6.25. The number of nitro benzene ring substituents is 1. The van der Waals surface area contributed by atoms with Crippen LogP contribution in [0.2, 0.25) is 5.02 Å². The lowest BCUT2D eigenvalue weighted by Crippen LogP contribution is -2.11. The predicted octanol–water partition coefficient (Wildman–Crippen LogP) is 5.35. The topological polar surface area (TPSA) is 81.5 Å². The van der Waals surface area contributed by atoms with Gasteiger partial charge in [0.05, 0.1) is 4.92 Å². The van der Waals surface area contributed by atoms with Gasteiger partial charge in [0.1, 0.15) is 4.88 Å². The van der Waals surface area contributed by atoms with Crippen LogP contribution in [0.25, 0.3) is 0 Å². The summed E-state index contributed by atoms with van der Waals surface area (Å²) in [7, 11) is 0. The molecule has 0 bridgehead atoms. The highest BCUT2D eigenvalue weighted by atomic mass is 35.5. The number of nitrogens with one attached hydrogen (secondary N) is 1. The molecule has 1 aromatic heterocycles. The molecule has 0 spiro atoms. The Kier molecular flexibility index (Phi) is 4.97. The van der Waals surface area contributed by atoms with Crippen LogP contribution in [-0.2, 0) is 0 Å². The lowest BCUT2D eigenvalue weighted by molar-refractivity contribution is -0.385. The van der Waals surface area contributed by atoms with Crippen LogP contribution in [0.1, 0.15) is 9.67 Å². The van der Waals surface area contributed by atoms with E-state index in [0.717, 1.165) is 0 Å². The standard InChI is InChI=1S/C17H11ClN2O4S/c18-11-5-7-12(8-6-11)19-17(21)16-15(9-10-25-16)24-14-4-2-1-3-13(14)20(22)23/h1-10H,(H,19,21). The molecule has 25 heavy (non-hydrogen) atoms. The Hall–Kier alpha value is -2.90. The third kappa shape index (κ3) is 3.96. The summed E-state index contributed by atoms with van der Waals surface area (Å²) in [5, 5.41) is 16.1. The molecule has 8 heteroatoms. The van der Waals surface area contributed by atoms with E-state index in [1.54, 1.807) is 47.8 Å². The first-order valence-corrected chi connectivity index (χ1v) is 8.36. The lowest BCUT2D eigenvalue weighted by atomic mass is 10.3. The van der Waals surface area contributed by atoms with E-state index in [1.807, 2.05) is 0 Å². The summed E-state index contributed by atoms with van der Waals surface area (Å²) >= 11 is 7.00. The molecule has 0 fully saturated rings. The van der Waals surface area contributed by atoms with E-state index >= 15 is 0 Å². The van der Waals surface area contributed by atoms with Crippen LogP contribution in [-0.4, -0.2) is 10.8 Å². The number of amides is 1. The van der Waals surface area contributed by atoms with Gasteiger partial charge in [-0.1, -0.05) is 23.7 Å². The van der Waals surface area contributed by atoms with Crippen molar-refractivity contribution in [3.8, 4) is 11.5 Å². The molecule has 1 heterocycles. The summed E-state index contributed by atoms with van der Waals surface area (Å²) in [6, 6.07) is 14.3. The maximum Gasteiger partial charge on any atom is 0.311 e. The van der Waals surface area contributed by atoms with Crippen LogP contribution >= 0.6 is 22.9 Å². The van der Waals surface area contributed by atoms with Crippen molar-refractivity contribution in [2.75, 3.05) is 5.32 Å². The van der Waals surface area contributed by atoms with E-state index in [-0.39, 0.29) is 23.1 Å². The number of carbonyl (C=O) groups excluding carboxylic acids is 1. The van der Waals surface area contributed by atoms with Crippen molar-refractivity contribution >= 4 is 40.2 Å². The average molecular weight is 375 g/mol. The third-order valence-electron chi connectivity index (χ3n) is 3.22. The van der Waals surface area contributed by atoms with E-state index in [4.69, 9.17) is 16.3 Å². The van der Waals surface area contributed by atoms with Gasteiger partial charge >= 0.3 is 5.69 Å². The molecule has 3 aromatic rings. The van der Waals surface area contributed by atoms with Gasteiger partial charge in [-0.15, -0.1) is 11.3 Å². The molecule has 0 saturated heterocycles. The number of anilines is 1. The molecule has 1 amide bonds. The van der Waals surface area contributed by atoms with Crippen LogP contribution in [0.15, 0.2) is 60.0 Å². The van der Waals surface area contributed by atoms with E-state index in [2.05, 4.69) is 5.32 Å². The second kappa shape index (κ2) is 7.33. The Balaban J connectivity index is 1.82. The van der Waals surface area contributed by atoms with Gasteiger partial charge in [0.15, 0.2) is 5.75 Å². The number of hydrogen-bond donors (Lipinski definition) is 1. The molecule has 3 rings (SSSR count). The number of hydrogen-bond acceptors (Lipinski definition) is 5. The number of nitro groups is 1. The highest BCUT2D eigenvalue weighted by Crippen LogP contribution is 2.35. The molecule has 0 unspecified atom stereocenters. The fourth-order valence-corrected chi connectivity index (χ4v) is 2.91. The quantitative estimate of drug-likeness (QED) is 0.481. The van der Waals surface area contributed by atoms with Crippen LogP contribution in [0.5, 0.6) is 11.5 Å². The first-order valence-electron chi connectivity index (χ1n) is 7.10. The van der Waals surface area contributed by atoms with Crippen LogP contribution in [0, 0.1) is 10.1 Å². The van der Waals surface area contributed by atoms with Crippen molar-refractivity contribution in [2.45, 2.75) is 0 Å². The Morgan fingerprint density at radius 2 is 1.80 bits per heavy atom. The molecule has 1 N–H and O–H groups in total. The molecule has 0 radical (unpaired) electrons. The summed E-state index contributed by atoms with van der Waals surface area (Å²) in [6.07, 6.45) is 0. The molecule has 6 nitrogen and oxygen atoms in total. The van der Waals surface area contributed by atoms with Gasteiger partial charge in [0.25, 0.3) is 5.91 Å². The van der Waals surface area contributed by atoms with Crippen LogP contribution in [0.3, 0.4) is 0 Å². The normalized spacial score (nSPS) is 10.3. The van der Waals surface area contributed by atoms with E-state index in [9.17, 15) is 14.9 Å². The smallest absolute Gasteiger partial charge is 0.311 e. The number of ether oxygens (including phenoxy) is 1. The molecule has 0 atom stereocenters. The lowest BCUT2D eigenvalue weighted by Gasteiger charge is -2.08. The van der Waals surface area contributed by atoms with Crippen molar-refractivity contribution in [3.63, 3.8) is 0 Å². The molecule has 0 aliphatic heterocycles. The Labute approximate surface area is 151 Å². The monoisotopic (exact) mass is 374 g/mol. The molecule has 2 aromatic carbocycles. The Bertz CT molecular complexity index is 924. The Morgan fingerprint density at radius 1 is 1.08 bits per heavy atom. The van der Waals surface area contributed by atoms with Crippen molar-refractivity contribution in [2.24, 2.45) is 0 Å². The minimum absolute atomic E-state index is 0.0754. The van der Waals surface area contributed by atoms with Gasteiger partial charge in [0, 0.05) is 16.8 Å². The third-order valence-corrected chi connectivity index (χ3v) is 4.37. The summed E-state index contributed by atoms with van der Waals surface area (Å²) in [6.45, 7) is 0. The van der Waals surface area contributed by atoms with Crippen LogP contribution < -0.4 is 10.1 Å². The molecule has 0 saturated carbocycles. The summed E-state index contributed by atoms with van der Waals surface area (Å²) < 4.78 is 5.61. The SMILES string of the molecule is O=C(Nc1ccc(Cl)cc1)c1sccc1Oc1ccccc1[N+](=O)[O-]. The zero-order valence-electron chi connectivity index (χ0n) is 12.6. The first-order chi connectivity index (χ1) is 12.0. The van der Waals surface area contributed by atoms with Crippen molar-refractivity contribution in [1.29, 1.82) is 0 Å². The van der Waals surface area contributed by atoms with Crippen molar-refractivity contribution in [3.05, 3.63) is 80.0 Å². The minimum atomic E-state index is -0.533. The number of para-hydroxylation sites is 2. The molecule has 126 valence electrons. The minimum Gasteiger partial charge on any atom is -0.448 e. The Morgan fingerprint density at radius 3 is 2.52 bits per heavy atom. The van der Waals surface area contributed by atoms with Gasteiger partial charge in [-0.25, -0.2) is 0 Å². The van der Waals surface area contributed by atoms with Gasteiger partial charge in [-0.2, -0.15) is 0 Å². The molecule has 0 aliphatic carbocycles. The maximum absolute atomic E-state index is 12.4. The summed E-state index contributed by atoms with van der Waals surface area (Å²) in [5.74, 6) is -0.0388. The highest BCUT2D eigenvalue weighted by Gasteiger charge is 2.19. The van der Waals surface area contributed by atoms with Gasteiger partial charge in [0.2, 0.25) is 5.75 Å². The van der Waals surface area contributed by atoms with Gasteiger partial charge < -0.3 is 10.1 Å². The zero-order chi connectivity index (χ0) is 17.8. The molecular weight excluding hydrogens is 364 g/mol. The van der Waals surface area contributed by atoms with Crippen molar-refractivity contribution in [1.82, 2.24) is 0 Å². The van der Waals surface area contributed by atoms with Crippen molar-refractivity contribution < 1.29 is 14.5 Å². The number of nitrogens with zero attached hydrogens (tertiary/aromatic N) is 1. The first kappa shape index (κ1) is 16.9. The summed E-state index contributed by atoms with van der Waals surface area (Å²) in [4.78, 5) is 23.3. The number of rotatable bonds is 5. The zero-order valence-corrected chi connectivity index (χ0v) is 14.2. The average Bonchev–Trinajstić information content (AvgIpc) is 3.05. The number of halogens is 1. The maximum atomic E-state index is 12.4. The van der Waals surface area contributed by atoms with Gasteiger partial charge in [-0.05, 0) is 41.8 Å². The fourth-order valence-electron chi connectivity index (χ4n) is 2.08. The highest BCUT2D eigenvalue weighted by molar-refractivity contribution is 7.12. The second-order valence-electron chi connectivity index (χ2n) is 4.90. The number of carbonyl (C=O) groups is 1. The van der Waals surface area contributed by atoms with E-state index < -0.39 is 4.92 Å². The van der Waals surface area contributed by atoms with Crippen LogP contribution in [0.4, 0.5) is 11.4 Å². The fraction of sp³-hybridized carbons (Fsp3) is 0. The largest absolute Gasteiger partial charge is 0.448 e.